The number of oxime groups is 1. The van der Waals surface area contributed by atoms with Crippen LogP contribution in [-0.2, 0) is 17.9 Å². The van der Waals surface area contributed by atoms with Crippen molar-refractivity contribution in [1.29, 1.82) is 0 Å². The zero-order chi connectivity index (χ0) is 20.0. The van der Waals surface area contributed by atoms with Crippen LogP contribution in [0.1, 0.15) is 37.0 Å². The van der Waals surface area contributed by atoms with E-state index in [9.17, 15) is 9.50 Å². The summed E-state index contributed by atoms with van der Waals surface area (Å²) in [6.45, 7) is 6.83. The van der Waals surface area contributed by atoms with Crippen LogP contribution in [-0.4, -0.2) is 36.4 Å². The van der Waals surface area contributed by atoms with Crippen LogP contribution in [0.4, 0.5) is 10.1 Å². The largest absolute Gasteiger partial charge is 0.372 e. The van der Waals surface area contributed by atoms with Gasteiger partial charge in [-0.2, -0.15) is 0 Å². The molecule has 0 aromatic heterocycles. The number of nitrogens with one attached hydrogen (secondary N) is 1. The molecule has 0 bridgehead atoms. The third-order valence-corrected chi connectivity index (χ3v) is 4.96. The number of halogens is 1. The smallest absolute Gasteiger partial charge is 0.268 e. The van der Waals surface area contributed by atoms with Gasteiger partial charge in [-0.3, -0.25) is 0 Å². The molecule has 0 saturated heterocycles. The number of hydrogen-bond acceptors (Lipinski definition) is 5. The van der Waals surface area contributed by atoms with Gasteiger partial charge in [0.2, 0.25) is 0 Å². The van der Waals surface area contributed by atoms with Crippen LogP contribution in [0, 0.1) is 0 Å². The lowest BCUT2D eigenvalue weighted by atomic mass is 10.0. The first-order valence-corrected chi connectivity index (χ1v) is 9.74. The second kappa shape index (κ2) is 9.17. The summed E-state index contributed by atoms with van der Waals surface area (Å²) in [5.74, 6) is -1.82. The number of hydrogen-bond donors (Lipinski definition) is 2. The third-order valence-electron chi connectivity index (χ3n) is 4.96. The van der Waals surface area contributed by atoms with Crippen molar-refractivity contribution in [3.8, 4) is 0 Å². The first-order valence-electron chi connectivity index (χ1n) is 9.74. The van der Waals surface area contributed by atoms with Crippen LogP contribution < -0.4 is 10.2 Å². The summed E-state index contributed by atoms with van der Waals surface area (Å²) in [4.78, 5) is 7.15. The van der Waals surface area contributed by atoms with Gasteiger partial charge in [0.1, 0.15) is 0 Å². The van der Waals surface area contributed by atoms with E-state index < -0.39 is 12.5 Å². The Morgan fingerprint density at radius 2 is 1.82 bits per heavy atom. The summed E-state index contributed by atoms with van der Waals surface area (Å²) in [7, 11) is 0. The van der Waals surface area contributed by atoms with Gasteiger partial charge in [0.25, 0.3) is 5.79 Å². The second-order valence-electron chi connectivity index (χ2n) is 7.03. The molecule has 5 nitrogen and oxygen atoms in total. The minimum atomic E-state index is -1.82. The summed E-state index contributed by atoms with van der Waals surface area (Å²) in [5, 5.41) is 17.1. The van der Waals surface area contributed by atoms with Crippen molar-refractivity contribution in [3.05, 3.63) is 65.2 Å². The molecule has 0 fully saturated rings. The lowest BCUT2D eigenvalue weighted by Gasteiger charge is -2.21. The molecular formula is C22H28FN3O2. The van der Waals surface area contributed by atoms with Gasteiger partial charge in [-0.15, -0.1) is 0 Å². The molecule has 0 aliphatic carbocycles. The lowest BCUT2D eigenvalue weighted by Crippen LogP contribution is -2.31. The maximum absolute atomic E-state index is 12.8. The molecule has 0 amide bonds. The molecule has 28 heavy (non-hydrogen) atoms. The molecular weight excluding hydrogens is 357 g/mol. The first kappa shape index (κ1) is 20.3. The van der Waals surface area contributed by atoms with Gasteiger partial charge in [-0.05, 0) is 48.7 Å². The minimum Gasteiger partial charge on any atom is -0.372 e. The van der Waals surface area contributed by atoms with E-state index in [2.05, 4.69) is 53.5 Å². The summed E-state index contributed by atoms with van der Waals surface area (Å²) >= 11 is 0. The fourth-order valence-corrected chi connectivity index (χ4v) is 3.32. The van der Waals surface area contributed by atoms with Crippen LogP contribution >= 0.6 is 0 Å². The normalized spacial score (nSPS) is 18.6. The van der Waals surface area contributed by atoms with Crippen molar-refractivity contribution in [2.45, 2.75) is 39.1 Å². The highest BCUT2D eigenvalue weighted by Crippen LogP contribution is 2.25. The van der Waals surface area contributed by atoms with E-state index in [1.807, 2.05) is 24.3 Å². The highest BCUT2D eigenvalue weighted by molar-refractivity contribution is 6.01. The standard InChI is InChI=1S/C22H28FN3O2/c1-3-26(4-2)20-10-8-17(9-11-20)14-24-15-18-6-5-7-19(12-18)21-13-22(27,16-23)28-25-21/h5-12,24,27H,3-4,13-16H2,1-2H3. The Balaban J connectivity index is 1.54. The van der Waals surface area contributed by atoms with Crippen molar-refractivity contribution in [2.75, 3.05) is 24.7 Å². The van der Waals surface area contributed by atoms with Gasteiger partial charge in [0.15, 0.2) is 6.67 Å². The van der Waals surface area contributed by atoms with Gasteiger partial charge in [-0.1, -0.05) is 35.5 Å². The number of nitrogens with zero attached hydrogens (tertiary/aromatic N) is 2. The maximum Gasteiger partial charge on any atom is 0.268 e. The predicted molar refractivity (Wildman–Crippen MR) is 110 cm³/mol. The van der Waals surface area contributed by atoms with Gasteiger partial charge < -0.3 is 20.2 Å². The number of aliphatic hydroxyl groups is 1. The van der Waals surface area contributed by atoms with Crippen molar-refractivity contribution >= 4 is 11.4 Å². The van der Waals surface area contributed by atoms with E-state index in [0.717, 1.165) is 30.8 Å². The van der Waals surface area contributed by atoms with E-state index >= 15 is 0 Å². The zero-order valence-electron chi connectivity index (χ0n) is 16.5. The van der Waals surface area contributed by atoms with E-state index in [4.69, 9.17) is 4.84 Å². The van der Waals surface area contributed by atoms with Crippen molar-refractivity contribution in [3.63, 3.8) is 0 Å². The molecule has 1 heterocycles. The Morgan fingerprint density at radius 1 is 1.11 bits per heavy atom. The third kappa shape index (κ3) is 4.88. The molecule has 2 N–H and O–H groups in total. The minimum absolute atomic E-state index is 0.0548. The van der Waals surface area contributed by atoms with Crippen molar-refractivity contribution in [2.24, 2.45) is 5.16 Å². The fraction of sp³-hybridized carbons (Fsp3) is 0.409. The van der Waals surface area contributed by atoms with Crippen LogP contribution in [0.5, 0.6) is 0 Å². The zero-order valence-corrected chi connectivity index (χ0v) is 16.5. The quantitative estimate of drug-likeness (QED) is 0.692. The maximum atomic E-state index is 12.8. The molecule has 0 saturated carbocycles. The lowest BCUT2D eigenvalue weighted by molar-refractivity contribution is -0.193. The van der Waals surface area contributed by atoms with Crippen molar-refractivity contribution in [1.82, 2.24) is 5.32 Å². The molecule has 1 aliphatic rings. The number of rotatable bonds is 9. The SMILES string of the molecule is CCN(CC)c1ccc(CNCc2cccc(C3=NOC(O)(CF)C3)c2)cc1. The summed E-state index contributed by atoms with van der Waals surface area (Å²) < 4.78 is 12.8. The average molecular weight is 385 g/mol. The highest BCUT2D eigenvalue weighted by atomic mass is 19.1. The first-order chi connectivity index (χ1) is 13.6. The van der Waals surface area contributed by atoms with E-state index in [0.29, 0.717) is 12.3 Å². The molecule has 1 atom stereocenters. The molecule has 3 rings (SSSR count). The topological polar surface area (TPSA) is 57.1 Å². The molecule has 2 aromatic carbocycles. The Hall–Kier alpha value is -2.44. The van der Waals surface area contributed by atoms with Crippen LogP contribution in [0.25, 0.3) is 0 Å². The highest BCUT2D eigenvalue weighted by Gasteiger charge is 2.37. The Morgan fingerprint density at radius 3 is 2.46 bits per heavy atom. The van der Waals surface area contributed by atoms with Crippen LogP contribution in [0.2, 0.25) is 0 Å². The summed E-state index contributed by atoms with van der Waals surface area (Å²) in [5.41, 5.74) is 4.97. The second-order valence-corrected chi connectivity index (χ2v) is 7.03. The molecule has 2 aromatic rings. The van der Waals surface area contributed by atoms with Crippen molar-refractivity contribution < 1.29 is 14.3 Å². The van der Waals surface area contributed by atoms with Gasteiger partial charge in [-0.25, -0.2) is 4.39 Å². The molecule has 0 spiro atoms. The monoisotopic (exact) mass is 385 g/mol. The predicted octanol–water partition coefficient (Wildman–Crippen LogP) is 3.61. The Labute approximate surface area is 165 Å². The number of alkyl halides is 1. The van der Waals surface area contributed by atoms with E-state index in [1.54, 1.807) is 0 Å². The van der Waals surface area contributed by atoms with Gasteiger partial charge in [0, 0.05) is 31.9 Å². The van der Waals surface area contributed by atoms with E-state index in [-0.39, 0.29) is 6.42 Å². The average Bonchev–Trinajstić information content (AvgIpc) is 3.13. The fourth-order valence-electron chi connectivity index (χ4n) is 3.32. The molecule has 1 aliphatic heterocycles. The summed E-state index contributed by atoms with van der Waals surface area (Å²) in [6, 6.07) is 16.5. The molecule has 6 heteroatoms. The molecule has 150 valence electrons. The van der Waals surface area contributed by atoms with E-state index in [1.165, 1.54) is 11.3 Å². The molecule has 1 unspecified atom stereocenters. The van der Waals surface area contributed by atoms with Gasteiger partial charge in [0.05, 0.1) is 12.1 Å². The Bertz CT molecular complexity index is 806. The Kier molecular flexibility index (Phi) is 6.65. The van der Waals surface area contributed by atoms with Gasteiger partial charge >= 0.3 is 0 Å². The van der Waals surface area contributed by atoms with Crippen LogP contribution in [0.15, 0.2) is 53.7 Å². The molecule has 0 radical (unpaired) electrons. The van der Waals surface area contributed by atoms with Crippen LogP contribution in [0.3, 0.4) is 0 Å². The number of anilines is 1. The summed E-state index contributed by atoms with van der Waals surface area (Å²) in [6.07, 6.45) is 0.0548. The number of benzene rings is 2.